The van der Waals surface area contributed by atoms with E-state index >= 15 is 0 Å². The highest BCUT2D eigenvalue weighted by Crippen LogP contribution is 2.34. The minimum Gasteiger partial charge on any atom is -0.389 e. The Hall–Kier alpha value is -2.06. The number of nitrogens with one attached hydrogen (secondary N) is 1. The Morgan fingerprint density at radius 2 is 2.07 bits per heavy atom. The number of aliphatic hydroxyl groups is 1. The van der Waals surface area contributed by atoms with E-state index in [0.717, 1.165) is 35.0 Å². The molecule has 1 aliphatic carbocycles. The minimum absolute atomic E-state index is 0.0372. The summed E-state index contributed by atoms with van der Waals surface area (Å²) in [6, 6.07) is 10.1. The van der Waals surface area contributed by atoms with E-state index in [0.29, 0.717) is 25.5 Å². The number of aliphatic hydroxyl groups excluding tert-OH is 1. The lowest BCUT2D eigenvalue weighted by Crippen LogP contribution is -2.39. The van der Waals surface area contributed by atoms with Gasteiger partial charge in [-0.15, -0.1) is 11.3 Å². The van der Waals surface area contributed by atoms with Crippen LogP contribution < -0.4 is 5.56 Å². The van der Waals surface area contributed by atoms with E-state index in [9.17, 15) is 9.90 Å². The summed E-state index contributed by atoms with van der Waals surface area (Å²) in [5.41, 5.74) is 2.25. The van der Waals surface area contributed by atoms with E-state index in [1.165, 1.54) is 10.4 Å². The van der Waals surface area contributed by atoms with Gasteiger partial charge in [-0.25, -0.2) is 4.98 Å². The van der Waals surface area contributed by atoms with E-state index in [1.807, 2.05) is 30.3 Å². The smallest absolute Gasteiger partial charge is 0.259 e. The number of thiophene rings is 1. The highest BCUT2D eigenvalue weighted by atomic mass is 32.1. The van der Waals surface area contributed by atoms with Gasteiger partial charge in [-0.1, -0.05) is 30.3 Å². The van der Waals surface area contributed by atoms with E-state index in [2.05, 4.69) is 23.7 Å². The summed E-state index contributed by atoms with van der Waals surface area (Å²) in [6.07, 6.45) is 2.55. The molecule has 0 amide bonds. The topological polar surface area (TPSA) is 78.5 Å². The maximum atomic E-state index is 12.7. The molecule has 4 rings (SSSR count). The van der Waals surface area contributed by atoms with Gasteiger partial charge in [0.05, 0.1) is 31.2 Å². The third-order valence-corrected chi connectivity index (χ3v) is 6.76. The van der Waals surface area contributed by atoms with Crippen LogP contribution >= 0.6 is 11.3 Å². The average molecular weight is 428 g/mol. The first-order chi connectivity index (χ1) is 14.5. The predicted molar refractivity (Wildman–Crippen MR) is 120 cm³/mol. The summed E-state index contributed by atoms with van der Waals surface area (Å²) >= 11 is 1.65. The third kappa shape index (κ3) is 4.81. The second-order valence-corrected chi connectivity index (χ2v) is 9.31. The van der Waals surface area contributed by atoms with Crippen LogP contribution in [0.5, 0.6) is 0 Å². The molecule has 0 aliphatic heterocycles. The van der Waals surface area contributed by atoms with Crippen molar-refractivity contribution in [3.8, 4) is 0 Å². The van der Waals surface area contributed by atoms with Crippen LogP contribution in [0.2, 0.25) is 0 Å². The first-order valence-corrected chi connectivity index (χ1v) is 11.4. The molecule has 0 spiro atoms. The van der Waals surface area contributed by atoms with Crippen LogP contribution in [0.3, 0.4) is 0 Å². The van der Waals surface area contributed by atoms with Crippen molar-refractivity contribution in [3.05, 3.63) is 62.5 Å². The van der Waals surface area contributed by atoms with E-state index in [-0.39, 0.29) is 18.2 Å². The summed E-state index contributed by atoms with van der Waals surface area (Å²) in [5, 5.41) is 11.3. The lowest BCUT2D eigenvalue weighted by Gasteiger charge is -2.28. The maximum absolute atomic E-state index is 12.7. The molecule has 7 heteroatoms. The number of fused-ring (bicyclic) bond motifs is 3. The summed E-state index contributed by atoms with van der Waals surface area (Å²) in [6.45, 7) is 5.84. The summed E-state index contributed by atoms with van der Waals surface area (Å²) < 4.78 is 5.68. The number of H-pyrrole nitrogens is 1. The van der Waals surface area contributed by atoms with Crippen molar-refractivity contribution in [1.29, 1.82) is 0 Å². The molecule has 1 aromatic carbocycles. The Labute approximate surface area is 180 Å². The molecule has 0 radical (unpaired) electrons. The number of aromatic nitrogens is 2. The number of rotatable bonds is 9. The van der Waals surface area contributed by atoms with Crippen molar-refractivity contribution in [2.45, 2.75) is 58.4 Å². The van der Waals surface area contributed by atoms with Crippen molar-refractivity contribution < 1.29 is 9.84 Å². The van der Waals surface area contributed by atoms with Crippen LogP contribution in [0.4, 0.5) is 0 Å². The number of hydrogen-bond acceptors (Lipinski definition) is 6. The van der Waals surface area contributed by atoms with Crippen molar-refractivity contribution in [2.75, 3.05) is 13.2 Å². The highest BCUT2D eigenvalue weighted by molar-refractivity contribution is 7.18. The molecule has 3 aromatic rings. The Balaban J connectivity index is 1.39. The SMILES string of the molecule is CC(C)N(Cc1nc2sc3c(c2c(=O)[nH]1)CCC3)C[C@H](O)COCc1ccccc1. The number of benzene rings is 1. The average Bonchev–Trinajstić information content (AvgIpc) is 3.29. The molecular weight excluding hydrogens is 398 g/mol. The molecule has 0 unspecified atom stereocenters. The first kappa shape index (κ1) is 21.2. The molecule has 2 heterocycles. The molecule has 2 aromatic heterocycles. The molecule has 1 aliphatic rings. The van der Waals surface area contributed by atoms with Crippen molar-refractivity contribution in [2.24, 2.45) is 0 Å². The predicted octanol–water partition coefficient (Wildman–Crippen LogP) is 3.26. The van der Waals surface area contributed by atoms with Crippen LogP contribution in [0.25, 0.3) is 10.2 Å². The van der Waals surface area contributed by atoms with Gasteiger partial charge in [-0.3, -0.25) is 9.69 Å². The summed E-state index contributed by atoms with van der Waals surface area (Å²) in [5.74, 6) is 0.651. The molecule has 0 saturated heterocycles. The van der Waals surface area contributed by atoms with Crippen LogP contribution in [0.15, 0.2) is 35.1 Å². The van der Waals surface area contributed by atoms with Gasteiger partial charge in [0.2, 0.25) is 0 Å². The Morgan fingerprint density at radius 3 is 2.83 bits per heavy atom. The quantitative estimate of drug-likeness (QED) is 0.548. The Kier molecular flexibility index (Phi) is 6.63. The molecular formula is C23H29N3O3S. The number of ether oxygens (including phenoxy) is 1. The lowest BCUT2D eigenvalue weighted by atomic mass is 10.2. The van der Waals surface area contributed by atoms with E-state index < -0.39 is 6.10 Å². The second-order valence-electron chi connectivity index (χ2n) is 8.23. The summed E-state index contributed by atoms with van der Waals surface area (Å²) in [7, 11) is 0. The van der Waals surface area contributed by atoms with Gasteiger partial charge in [-0.2, -0.15) is 0 Å². The fourth-order valence-corrected chi connectivity index (χ4v) is 5.26. The van der Waals surface area contributed by atoms with Crippen molar-refractivity contribution in [1.82, 2.24) is 14.9 Å². The Bertz CT molecular complexity index is 1050. The lowest BCUT2D eigenvalue weighted by molar-refractivity contribution is 0.00267. The second kappa shape index (κ2) is 9.39. The van der Waals surface area contributed by atoms with Gasteiger partial charge in [0.1, 0.15) is 10.7 Å². The fraction of sp³-hybridized carbons (Fsp3) is 0.478. The summed E-state index contributed by atoms with van der Waals surface area (Å²) in [4.78, 5) is 24.7. The van der Waals surface area contributed by atoms with Crippen LogP contribution in [0, 0.1) is 0 Å². The van der Waals surface area contributed by atoms with Gasteiger partial charge in [0.25, 0.3) is 5.56 Å². The standard InChI is InChI=1S/C23H29N3O3S/c1-15(2)26(11-17(27)14-29-13-16-7-4-3-5-8-16)12-20-24-22(28)21-18-9-6-10-19(18)30-23(21)25-20/h3-5,7-8,15,17,27H,6,9-14H2,1-2H3,(H,24,25,28)/t17-/m0/s1. The third-order valence-electron chi connectivity index (χ3n) is 5.57. The van der Waals surface area contributed by atoms with Gasteiger partial charge in [0, 0.05) is 17.5 Å². The minimum atomic E-state index is -0.614. The zero-order valence-corrected chi connectivity index (χ0v) is 18.4. The maximum Gasteiger partial charge on any atom is 0.259 e. The molecule has 0 saturated carbocycles. The molecule has 6 nitrogen and oxygen atoms in total. The van der Waals surface area contributed by atoms with Crippen LogP contribution in [-0.2, 0) is 30.7 Å². The molecule has 1 atom stereocenters. The number of nitrogens with zero attached hydrogens (tertiary/aromatic N) is 2. The van der Waals surface area contributed by atoms with Crippen LogP contribution in [-0.4, -0.2) is 45.3 Å². The molecule has 30 heavy (non-hydrogen) atoms. The normalized spacial score (nSPS) is 14.7. The zero-order chi connectivity index (χ0) is 21.1. The van der Waals surface area contributed by atoms with E-state index in [4.69, 9.17) is 9.72 Å². The zero-order valence-electron chi connectivity index (χ0n) is 17.6. The number of hydrogen-bond donors (Lipinski definition) is 2. The molecule has 160 valence electrons. The monoisotopic (exact) mass is 427 g/mol. The van der Waals surface area contributed by atoms with Gasteiger partial charge in [0.15, 0.2) is 0 Å². The Morgan fingerprint density at radius 1 is 1.27 bits per heavy atom. The molecule has 0 fully saturated rings. The molecule has 0 bridgehead atoms. The van der Waals surface area contributed by atoms with Crippen molar-refractivity contribution >= 4 is 21.6 Å². The van der Waals surface area contributed by atoms with Crippen molar-refractivity contribution in [3.63, 3.8) is 0 Å². The van der Waals surface area contributed by atoms with Gasteiger partial charge < -0.3 is 14.8 Å². The van der Waals surface area contributed by atoms with Gasteiger partial charge >= 0.3 is 0 Å². The fourth-order valence-electron chi connectivity index (χ4n) is 3.98. The largest absolute Gasteiger partial charge is 0.389 e. The number of aryl methyl sites for hydroxylation is 2. The number of aromatic amines is 1. The molecule has 2 N–H and O–H groups in total. The first-order valence-electron chi connectivity index (χ1n) is 10.6. The van der Waals surface area contributed by atoms with E-state index in [1.54, 1.807) is 11.3 Å². The van der Waals surface area contributed by atoms with Crippen LogP contribution in [0.1, 0.15) is 42.1 Å². The van der Waals surface area contributed by atoms with Gasteiger partial charge in [-0.05, 0) is 44.2 Å². The highest BCUT2D eigenvalue weighted by Gasteiger charge is 2.22.